The van der Waals surface area contributed by atoms with E-state index in [-0.39, 0.29) is 19.1 Å². The number of amides is 1. The summed E-state index contributed by atoms with van der Waals surface area (Å²) in [6, 6.07) is -0.799. The van der Waals surface area contributed by atoms with Crippen LogP contribution in [0.15, 0.2) is 16.8 Å². The maximum absolute atomic E-state index is 12.2. The van der Waals surface area contributed by atoms with Crippen molar-refractivity contribution in [1.29, 1.82) is 0 Å². The number of nitrogens with zero attached hydrogens (tertiary/aromatic N) is 1. The Balaban J connectivity index is 2.88. The molecule has 1 amide bonds. The standard InChI is InChI=1S/C18H32N4O8/c1-3-4-6-28-7-5-21-18(27)30-15(12(24)9-23)14-10(2)11(22-17(19)20)8-13(29-14)16(25)26/h8,10-12,14-15,23-24H,3-7,9H2,1-2H3,(H,21,27)(H,25,26)(H4,19,20,22)/t10-,11+,12-,14-,15-/m1/s1. The van der Waals surface area contributed by atoms with Crippen LogP contribution in [0.4, 0.5) is 4.79 Å². The van der Waals surface area contributed by atoms with Gasteiger partial charge in [0.05, 0.1) is 19.3 Å². The molecule has 1 aliphatic heterocycles. The van der Waals surface area contributed by atoms with Crippen LogP contribution in [0.1, 0.15) is 26.7 Å². The van der Waals surface area contributed by atoms with Crippen molar-refractivity contribution in [1.82, 2.24) is 5.32 Å². The van der Waals surface area contributed by atoms with Crippen molar-refractivity contribution in [3.8, 4) is 0 Å². The summed E-state index contributed by atoms with van der Waals surface area (Å²) in [4.78, 5) is 27.5. The minimum absolute atomic E-state index is 0.169. The molecule has 0 aliphatic carbocycles. The molecule has 8 N–H and O–H groups in total. The van der Waals surface area contributed by atoms with E-state index in [0.717, 1.165) is 12.8 Å². The molecule has 0 saturated heterocycles. The molecular weight excluding hydrogens is 400 g/mol. The number of alkyl carbamates (subject to hydrolysis) is 1. The third-order valence-corrected chi connectivity index (χ3v) is 4.44. The van der Waals surface area contributed by atoms with Gasteiger partial charge in [-0.2, -0.15) is 0 Å². The molecule has 1 rings (SSSR count). The molecule has 30 heavy (non-hydrogen) atoms. The number of hydrogen-bond donors (Lipinski definition) is 6. The molecule has 0 unspecified atom stereocenters. The molecule has 0 bridgehead atoms. The molecule has 1 heterocycles. The van der Waals surface area contributed by atoms with Gasteiger partial charge in [-0.1, -0.05) is 20.3 Å². The highest BCUT2D eigenvalue weighted by Gasteiger charge is 2.43. The number of nitrogens with two attached hydrogens (primary N) is 2. The van der Waals surface area contributed by atoms with Gasteiger partial charge in [0.15, 0.2) is 12.1 Å². The third kappa shape index (κ3) is 8.05. The fourth-order valence-corrected chi connectivity index (χ4v) is 2.82. The van der Waals surface area contributed by atoms with Gasteiger partial charge >= 0.3 is 12.1 Å². The molecule has 172 valence electrons. The predicted molar refractivity (Wildman–Crippen MR) is 106 cm³/mol. The van der Waals surface area contributed by atoms with E-state index in [1.54, 1.807) is 6.92 Å². The summed E-state index contributed by atoms with van der Waals surface area (Å²) in [5, 5.41) is 31.3. The third-order valence-electron chi connectivity index (χ3n) is 4.44. The summed E-state index contributed by atoms with van der Waals surface area (Å²) in [5.74, 6) is -2.70. The van der Waals surface area contributed by atoms with E-state index >= 15 is 0 Å². The Hall–Kier alpha value is -2.57. The van der Waals surface area contributed by atoms with Crippen LogP contribution >= 0.6 is 0 Å². The maximum atomic E-state index is 12.2. The van der Waals surface area contributed by atoms with E-state index in [1.165, 1.54) is 6.08 Å². The average Bonchev–Trinajstić information content (AvgIpc) is 2.69. The van der Waals surface area contributed by atoms with Crippen LogP contribution in [0.2, 0.25) is 0 Å². The number of rotatable bonds is 12. The van der Waals surface area contributed by atoms with E-state index in [4.69, 9.17) is 25.7 Å². The van der Waals surface area contributed by atoms with E-state index in [1.807, 2.05) is 6.92 Å². The molecule has 0 radical (unpaired) electrons. The summed E-state index contributed by atoms with van der Waals surface area (Å²) in [5.41, 5.74) is 10.8. The van der Waals surface area contributed by atoms with Gasteiger partial charge in [0.2, 0.25) is 5.76 Å². The van der Waals surface area contributed by atoms with Gasteiger partial charge in [-0.15, -0.1) is 0 Å². The zero-order valence-electron chi connectivity index (χ0n) is 17.2. The highest BCUT2D eigenvalue weighted by atomic mass is 16.6. The summed E-state index contributed by atoms with van der Waals surface area (Å²) in [7, 11) is 0. The van der Waals surface area contributed by atoms with Crippen molar-refractivity contribution in [2.75, 3.05) is 26.4 Å². The van der Waals surface area contributed by atoms with Crippen molar-refractivity contribution in [3.63, 3.8) is 0 Å². The molecule has 12 heteroatoms. The van der Waals surface area contributed by atoms with Crippen LogP contribution in [0, 0.1) is 5.92 Å². The second kappa shape index (κ2) is 12.9. The molecule has 12 nitrogen and oxygen atoms in total. The highest BCUT2D eigenvalue weighted by Crippen LogP contribution is 2.30. The van der Waals surface area contributed by atoms with E-state index in [9.17, 15) is 24.9 Å². The monoisotopic (exact) mass is 432 g/mol. The summed E-state index contributed by atoms with van der Waals surface area (Å²) in [6.45, 7) is 3.94. The van der Waals surface area contributed by atoms with Crippen LogP contribution in [-0.2, 0) is 19.0 Å². The van der Waals surface area contributed by atoms with Crippen LogP contribution in [-0.4, -0.2) is 84.1 Å². The lowest BCUT2D eigenvalue weighted by molar-refractivity contribution is -0.147. The van der Waals surface area contributed by atoms with Gasteiger partial charge in [-0.25, -0.2) is 14.6 Å². The number of carbonyl (C=O) groups is 2. The summed E-state index contributed by atoms with van der Waals surface area (Å²) in [6.07, 6.45) is -1.82. The molecule has 1 aliphatic rings. The smallest absolute Gasteiger partial charge is 0.407 e. The average molecular weight is 432 g/mol. The predicted octanol–water partition coefficient (Wildman–Crippen LogP) is -1.10. The highest BCUT2D eigenvalue weighted by molar-refractivity contribution is 5.85. The number of guanidine groups is 1. The molecule has 0 aromatic heterocycles. The Labute approximate surface area is 174 Å². The number of carboxylic acids is 1. The van der Waals surface area contributed by atoms with E-state index < -0.39 is 54.7 Å². The van der Waals surface area contributed by atoms with Gasteiger partial charge < -0.3 is 46.3 Å². The minimum Gasteiger partial charge on any atom is -0.479 e. The first-order chi connectivity index (χ1) is 14.2. The number of aliphatic imine (C=N–C) groups is 1. The Morgan fingerprint density at radius 2 is 2.07 bits per heavy atom. The van der Waals surface area contributed by atoms with Crippen LogP contribution in [0.25, 0.3) is 0 Å². The number of ether oxygens (including phenoxy) is 3. The van der Waals surface area contributed by atoms with Crippen molar-refractivity contribution < 1.29 is 39.1 Å². The normalized spacial score (nSPS) is 22.8. The van der Waals surface area contributed by atoms with Crippen LogP contribution in [0.3, 0.4) is 0 Å². The Kier molecular flexibility index (Phi) is 10.9. The molecule has 0 saturated carbocycles. The Morgan fingerprint density at radius 1 is 1.37 bits per heavy atom. The summed E-state index contributed by atoms with van der Waals surface area (Å²) < 4.78 is 16.0. The minimum atomic E-state index is -1.53. The zero-order valence-corrected chi connectivity index (χ0v) is 17.2. The Morgan fingerprint density at radius 3 is 2.63 bits per heavy atom. The largest absolute Gasteiger partial charge is 0.479 e. The van der Waals surface area contributed by atoms with E-state index in [2.05, 4.69) is 10.3 Å². The van der Waals surface area contributed by atoms with Crippen molar-refractivity contribution in [2.24, 2.45) is 22.4 Å². The first-order valence-electron chi connectivity index (χ1n) is 9.72. The number of aliphatic hydroxyl groups is 2. The number of hydrogen-bond acceptors (Lipinski definition) is 8. The van der Waals surface area contributed by atoms with Gasteiger partial charge in [0.25, 0.3) is 0 Å². The second-order valence-corrected chi connectivity index (χ2v) is 6.83. The molecule has 0 aromatic rings. The molecule has 0 fully saturated rings. The first-order valence-corrected chi connectivity index (χ1v) is 9.72. The molecule has 0 aromatic carbocycles. The number of aliphatic carboxylic acids is 1. The molecule has 0 spiro atoms. The van der Waals surface area contributed by atoms with Crippen LogP contribution < -0.4 is 16.8 Å². The lowest BCUT2D eigenvalue weighted by atomic mass is 9.87. The second-order valence-electron chi connectivity index (χ2n) is 6.83. The number of unbranched alkanes of at least 4 members (excludes halogenated alkanes) is 1. The van der Waals surface area contributed by atoms with Gasteiger partial charge in [-0.3, -0.25) is 0 Å². The number of carboxylic acid groups (broad SMARTS) is 1. The lowest BCUT2D eigenvalue weighted by Gasteiger charge is -2.38. The number of nitrogens with one attached hydrogen (secondary N) is 1. The number of carbonyl (C=O) groups excluding carboxylic acids is 1. The summed E-state index contributed by atoms with van der Waals surface area (Å²) >= 11 is 0. The van der Waals surface area contributed by atoms with Gasteiger partial charge in [0.1, 0.15) is 12.2 Å². The topological polar surface area (TPSA) is 199 Å². The van der Waals surface area contributed by atoms with Crippen LogP contribution in [0.5, 0.6) is 0 Å². The van der Waals surface area contributed by atoms with Gasteiger partial charge in [-0.05, 0) is 12.5 Å². The maximum Gasteiger partial charge on any atom is 0.407 e. The lowest BCUT2D eigenvalue weighted by Crippen LogP contribution is -2.52. The van der Waals surface area contributed by atoms with Crippen molar-refractivity contribution in [3.05, 3.63) is 11.8 Å². The first kappa shape index (κ1) is 25.5. The molecular formula is C18H32N4O8. The zero-order chi connectivity index (χ0) is 22.7. The van der Waals surface area contributed by atoms with Crippen molar-refractivity contribution >= 4 is 18.0 Å². The number of aliphatic hydroxyl groups excluding tert-OH is 2. The fraction of sp³-hybridized carbons (Fsp3) is 0.722. The Bertz CT molecular complexity index is 623. The van der Waals surface area contributed by atoms with Crippen molar-refractivity contribution in [2.45, 2.75) is 51.0 Å². The molecule has 5 atom stereocenters. The van der Waals surface area contributed by atoms with Gasteiger partial charge in [0, 0.05) is 19.1 Å². The van der Waals surface area contributed by atoms with E-state index in [0.29, 0.717) is 6.61 Å². The SMILES string of the molecule is CCCCOCCNC(=O)O[C@@H]([C@@H]1OC(C(=O)O)=C[C@H](N=C(N)N)[C@H]1C)[C@H](O)CO. The fourth-order valence-electron chi connectivity index (χ4n) is 2.82. The quantitative estimate of drug-likeness (QED) is 0.125.